The van der Waals surface area contributed by atoms with E-state index < -0.39 is 0 Å². The van der Waals surface area contributed by atoms with Crippen LogP contribution in [0.1, 0.15) is 25.7 Å². The number of nitrogens with two attached hydrogens (primary N) is 1. The van der Waals surface area contributed by atoms with Gasteiger partial charge in [-0.25, -0.2) is 4.98 Å². The molecule has 3 rings (SSSR count). The Bertz CT molecular complexity index is 756. The Kier molecular flexibility index (Phi) is 4.71. The molecule has 1 aliphatic heterocycles. The lowest BCUT2D eigenvalue weighted by Crippen LogP contribution is -2.47. The molecule has 0 saturated carbocycles. The molecule has 2 aromatic rings. The van der Waals surface area contributed by atoms with E-state index in [1.165, 1.54) is 10.9 Å². The first-order valence-corrected chi connectivity index (χ1v) is 8.14. The van der Waals surface area contributed by atoms with Crippen LogP contribution < -0.4 is 11.3 Å². The summed E-state index contributed by atoms with van der Waals surface area (Å²) in [4.78, 5) is 31.0. The van der Waals surface area contributed by atoms with Crippen LogP contribution in [0.2, 0.25) is 0 Å². The van der Waals surface area contributed by atoms with Crippen molar-refractivity contribution < 1.29 is 4.79 Å². The average molecular weight is 314 g/mol. The van der Waals surface area contributed by atoms with E-state index in [1.807, 2.05) is 23.1 Å². The van der Waals surface area contributed by atoms with Crippen molar-refractivity contribution in [3.05, 3.63) is 40.9 Å². The van der Waals surface area contributed by atoms with Gasteiger partial charge in [0.05, 0.1) is 17.2 Å². The fraction of sp³-hybridized carbons (Fsp3) is 0.471. The maximum Gasteiger partial charge on any atom is 0.261 e. The summed E-state index contributed by atoms with van der Waals surface area (Å²) >= 11 is 0. The maximum absolute atomic E-state index is 12.5. The average Bonchev–Trinajstić information content (AvgIpc) is 2.61. The molecule has 1 aromatic carbocycles. The number of hydrogen-bond donors (Lipinski definition) is 1. The predicted molar refractivity (Wildman–Crippen MR) is 89.0 cm³/mol. The van der Waals surface area contributed by atoms with Crippen molar-refractivity contribution in [3.8, 4) is 0 Å². The number of aryl methyl sites for hydroxylation is 1. The second kappa shape index (κ2) is 6.91. The van der Waals surface area contributed by atoms with Crippen LogP contribution in [0.4, 0.5) is 0 Å². The third-order valence-corrected chi connectivity index (χ3v) is 4.52. The summed E-state index contributed by atoms with van der Waals surface area (Å²) in [7, 11) is 0. The van der Waals surface area contributed by atoms with Crippen LogP contribution in [-0.4, -0.2) is 39.5 Å². The number of benzene rings is 1. The third kappa shape index (κ3) is 3.27. The van der Waals surface area contributed by atoms with E-state index in [1.54, 1.807) is 6.07 Å². The van der Waals surface area contributed by atoms with Crippen molar-refractivity contribution in [2.45, 2.75) is 38.3 Å². The highest BCUT2D eigenvalue weighted by atomic mass is 16.2. The number of rotatable bonds is 4. The van der Waals surface area contributed by atoms with Crippen LogP contribution in [0, 0.1) is 0 Å². The lowest BCUT2D eigenvalue weighted by Gasteiger charge is -2.35. The van der Waals surface area contributed by atoms with Gasteiger partial charge in [-0.15, -0.1) is 0 Å². The highest BCUT2D eigenvalue weighted by Gasteiger charge is 2.25. The van der Waals surface area contributed by atoms with Gasteiger partial charge >= 0.3 is 0 Å². The monoisotopic (exact) mass is 314 g/mol. The molecular formula is C17H22N4O2. The second-order valence-corrected chi connectivity index (χ2v) is 5.98. The number of amides is 1. The first-order valence-electron chi connectivity index (χ1n) is 8.14. The SMILES string of the molecule is NCC1CCCCN1C(=O)CCn1cnc2ccccc2c1=O. The molecule has 1 aliphatic rings. The highest BCUT2D eigenvalue weighted by molar-refractivity contribution is 5.78. The second-order valence-electron chi connectivity index (χ2n) is 5.98. The molecular weight excluding hydrogens is 292 g/mol. The molecule has 6 heteroatoms. The molecule has 1 aromatic heterocycles. The Balaban J connectivity index is 1.72. The van der Waals surface area contributed by atoms with Crippen molar-refractivity contribution in [1.82, 2.24) is 14.5 Å². The van der Waals surface area contributed by atoms with Gasteiger partial charge in [0.1, 0.15) is 0 Å². The summed E-state index contributed by atoms with van der Waals surface area (Å²) < 4.78 is 1.52. The summed E-state index contributed by atoms with van der Waals surface area (Å²) in [5, 5.41) is 0.584. The number of fused-ring (bicyclic) bond motifs is 1. The van der Waals surface area contributed by atoms with Gasteiger partial charge in [0.25, 0.3) is 5.56 Å². The number of aromatic nitrogens is 2. The molecule has 122 valence electrons. The fourth-order valence-corrected chi connectivity index (χ4v) is 3.20. The van der Waals surface area contributed by atoms with E-state index in [0.717, 1.165) is 25.8 Å². The molecule has 1 unspecified atom stereocenters. The minimum atomic E-state index is -0.0996. The summed E-state index contributed by atoms with van der Waals surface area (Å²) in [5.41, 5.74) is 6.35. The fourth-order valence-electron chi connectivity index (χ4n) is 3.20. The first kappa shape index (κ1) is 15.7. The minimum Gasteiger partial charge on any atom is -0.338 e. The van der Waals surface area contributed by atoms with Gasteiger partial charge in [-0.3, -0.25) is 14.2 Å². The lowest BCUT2D eigenvalue weighted by atomic mass is 10.0. The topological polar surface area (TPSA) is 81.2 Å². The van der Waals surface area contributed by atoms with Crippen LogP contribution in [0.25, 0.3) is 10.9 Å². The number of para-hydroxylation sites is 1. The zero-order chi connectivity index (χ0) is 16.2. The van der Waals surface area contributed by atoms with Crippen LogP contribution in [0.5, 0.6) is 0 Å². The number of carbonyl (C=O) groups is 1. The molecule has 0 aliphatic carbocycles. The number of nitrogens with zero attached hydrogens (tertiary/aromatic N) is 3. The van der Waals surface area contributed by atoms with E-state index in [0.29, 0.717) is 30.4 Å². The zero-order valence-corrected chi connectivity index (χ0v) is 13.1. The molecule has 2 heterocycles. The largest absolute Gasteiger partial charge is 0.338 e. The predicted octanol–water partition coefficient (Wildman–Crippen LogP) is 1.13. The van der Waals surface area contributed by atoms with Crippen LogP contribution >= 0.6 is 0 Å². The van der Waals surface area contributed by atoms with Gasteiger partial charge < -0.3 is 10.6 Å². The van der Waals surface area contributed by atoms with Crippen LogP contribution in [0.3, 0.4) is 0 Å². The van der Waals surface area contributed by atoms with Crippen molar-refractivity contribution >= 4 is 16.8 Å². The molecule has 1 amide bonds. The summed E-state index contributed by atoms with van der Waals surface area (Å²) in [6.07, 6.45) is 4.95. The lowest BCUT2D eigenvalue weighted by molar-refractivity contribution is -0.134. The molecule has 6 nitrogen and oxygen atoms in total. The van der Waals surface area contributed by atoms with E-state index >= 15 is 0 Å². The van der Waals surface area contributed by atoms with Gasteiger partial charge in [-0.05, 0) is 31.4 Å². The van der Waals surface area contributed by atoms with Crippen molar-refractivity contribution in [1.29, 1.82) is 0 Å². The van der Waals surface area contributed by atoms with Gasteiger partial charge in [-0.2, -0.15) is 0 Å². The first-order chi connectivity index (χ1) is 11.2. The van der Waals surface area contributed by atoms with Crippen LogP contribution in [-0.2, 0) is 11.3 Å². The Labute approximate surface area is 134 Å². The molecule has 23 heavy (non-hydrogen) atoms. The molecule has 0 radical (unpaired) electrons. The summed E-state index contributed by atoms with van der Waals surface area (Å²) in [6.45, 7) is 1.62. The Morgan fingerprint density at radius 1 is 1.30 bits per heavy atom. The number of piperidine rings is 1. The van der Waals surface area contributed by atoms with Crippen LogP contribution in [0.15, 0.2) is 35.4 Å². The maximum atomic E-state index is 12.5. The number of hydrogen-bond acceptors (Lipinski definition) is 4. The van der Waals surface area contributed by atoms with Crippen molar-refractivity contribution in [2.75, 3.05) is 13.1 Å². The summed E-state index contributed by atoms with van der Waals surface area (Å²) in [5.74, 6) is 0.0696. The highest BCUT2D eigenvalue weighted by Crippen LogP contribution is 2.17. The van der Waals surface area contributed by atoms with Gasteiger partial charge in [0.2, 0.25) is 5.91 Å². The molecule has 1 atom stereocenters. The van der Waals surface area contributed by atoms with Gasteiger partial charge in [-0.1, -0.05) is 12.1 Å². The molecule has 0 bridgehead atoms. The summed E-state index contributed by atoms with van der Waals surface area (Å²) in [6, 6.07) is 7.39. The Morgan fingerprint density at radius 3 is 2.96 bits per heavy atom. The number of carbonyl (C=O) groups excluding carboxylic acids is 1. The Morgan fingerprint density at radius 2 is 2.13 bits per heavy atom. The Hall–Kier alpha value is -2.21. The third-order valence-electron chi connectivity index (χ3n) is 4.52. The van der Waals surface area contributed by atoms with E-state index in [2.05, 4.69) is 4.98 Å². The molecule has 1 fully saturated rings. The van der Waals surface area contributed by atoms with Crippen molar-refractivity contribution in [3.63, 3.8) is 0 Å². The zero-order valence-electron chi connectivity index (χ0n) is 13.1. The molecule has 0 spiro atoms. The van der Waals surface area contributed by atoms with E-state index in [9.17, 15) is 9.59 Å². The molecule has 2 N–H and O–H groups in total. The number of likely N-dealkylation sites (tertiary alicyclic amines) is 1. The normalized spacial score (nSPS) is 18.3. The molecule has 1 saturated heterocycles. The van der Waals surface area contributed by atoms with E-state index in [4.69, 9.17) is 5.73 Å². The van der Waals surface area contributed by atoms with E-state index in [-0.39, 0.29) is 17.5 Å². The van der Waals surface area contributed by atoms with Crippen molar-refractivity contribution in [2.24, 2.45) is 5.73 Å². The van der Waals surface area contributed by atoms with Gasteiger partial charge in [0, 0.05) is 32.1 Å². The standard InChI is InChI=1S/C17H22N4O2/c18-11-13-5-3-4-9-21(13)16(22)8-10-20-12-19-15-7-2-1-6-14(15)17(20)23/h1-2,6-7,12-13H,3-5,8-11,18H2. The van der Waals surface area contributed by atoms with Gasteiger partial charge in [0.15, 0.2) is 0 Å². The quantitative estimate of drug-likeness (QED) is 0.917. The smallest absolute Gasteiger partial charge is 0.261 e. The minimum absolute atomic E-state index is 0.0696.